The van der Waals surface area contributed by atoms with Crippen LogP contribution in [-0.2, 0) is 27.4 Å². The maximum atomic E-state index is 11.8. The number of sulfonamides is 1. The molecule has 1 rings (SSSR count). The van der Waals surface area contributed by atoms with E-state index in [4.69, 9.17) is 5.73 Å². The molecule has 0 saturated heterocycles. The second kappa shape index (κ2) is 6.60. The van der Waals surface area contributed by atoms with Gasteiger partial charge in [0.1, 0.15) is 4.21 Å². The van der Waals surface area contributed by atoms with E-state index in [1.54, 1.807) is 18.4 Å². The van der Waals surface area contributed by atoms with Crippen molar-refractivity contribution in [3.8, 4) is 0 Å². The summed E-state index contributed by atoms with van der Waals surface area (Å²) in [6, 6.07) is 3.26. The van der Waals surface area contributed by atoms with Gasteiger partial charge in [-0.2, -0.15) is 0 Å². The lowest BCUT2D eigenvalue weighted by Gasteiger charge is -2.03. The molecule has 0 aliphatic rings. The lowest BCUT2D eigenvalue weighted by atomic mass is 10.5. The molecule has 0 radical (unpaired) electrons. The molecular formula is C9H16N2O3S3. The maximum Gasteiger partial charge on any atom is 0.250 e. The maximum absolute atomic E-state index is 11.8. The van der Waals surface area contributed by atoms with Crippen LogP contribution in [0.25, 0.3) is 0 Å². The van der Waals surface area contributed by atoms with Crippen molar-refractivity contribution in [2.75, 3.05) is 18.6 Å². The van der Waals surface area contributed by atoms with Crippen molar-refractivity contribution in [1.82, 2.24) is 4.72 Å². The molecule has 1 unspecified atom stereocenters. The Balaban J connectivity index is 2.53. The summed E-state index contributed by atoms with van der Waals surface area (Å²) in [6.07, 6.45) is 2.17. The summed E-state index contributed by atoms with van der Waals surface area (Å²) in [5.41, 5.74) is 5.42. The molecule has 0 fully saturated rings. The Labute approximate surface area is 108 Å². The van der Waals surface area contributed by atoms with E-state index in [-0.39, 0.29) is 4.21 Å². The summed E-state index contributed by atoms with van der Waals surface area (Å²) >= 11 is 1.17. The van der Waals surface area contributed by atoms with Crippen molar-refractivity contribution in [2.24, 2.45) is 5.73 Å². The van der Waals surface area contributed by atoms with Gasteiger partial charge < -0.3 is 5.73 Å². The smallest absolute Gasteiger partial charge is 0.250 e. The molecule has 0 amide bonds. The Hall–Kier alpha value is -0.280. The molecule has 98 valence electrons. The summed E-state index contributed by atoms with van der Waals surface area (Å²) in [6.45, 7) is 0.646. The average Bonchev–Trinajstić information content (AvgIpc) is 2.73. The van der Waals surface area contributed by atoms with Crippen molar-refractivity contribution in [3.63, 3.8) is 0 Å². The van der Waals surface area contributed by atoms with Crippen molar-refractivity contribution >= 4 is 32.2 Å². The van der Waals surface area contributed by atoms with Gasteiger partial charge in [0.25, 0.3) is 0 Å². The third-order valence-corrected chi connectivity index (χ3v) is 5.93. The standard InChI is InChI=1S/C9H16N2O3S3/c1-16(12)6-2-5-11-17(13,14)9-4-3-8(7-10)15-9/h3-4,11H,2,5-7,10H2,1H3. The van der Waals surface area contributed by atoms with Gasteiger partial charge in [0.15, 0.2) is 0 Å². The van der Waals surface area contributed by atoms with Gasteiger partial charge in [0.2, 0.25) is 10.0 Å². The van der Waals surface area contributed by atoms with E-state index in [9.17, 15) is 12.6 Å². The third-order valence-electron chi connectivity index (χ3n) is 2.00. The SMILES string of the molecule is CS(=O)CCCNS(=O)(=O)c1ccc(CN)s1. The normalized spacial score (nSPS) is 13.8. The number of thiophene rings is 1. The Morgan fingerprint density at radius 3 is 2.71 bits per heavy atom. The van der Waals surface area contributed by atoms with E-state index in [0.29, 0.717) is 25.3 Å². The summed E-state index contributed by atoms with van der Waals surface area (Å²) in [4.78, 5) is 0.833. The highest BCUT2D eigenvalue weighted by Gasteiger charge is 2.15. The molecule has 1 heterocycles. The molecule has 0 bridgehead atoms. The number of nitrogens with two attached hydrogens (primary N) is 1. The first kappa shape index (κ1) is 14.8. The van der Waals surface area contributed by atoms with Gasteiger partial charge in [0, 0.05) is 40.8 Å². The topological polar surface area (TPSA) is 89.3 Å². The molecule has 0 spiro atoms. The highest BCUT2D eigenvalue weighted by molar-refractivity contribution is 7.91. The van der Waals surface area contributed by atoms with Gasteiger partial charge >= 0.3 is 0 Å². The first-order valence-corrected chi connectivity index (χ1v) is 9.07. The van der Waals surface area contributed by atoms with Crippen LogP contribution in [0.5, 0.6) is 0 Å². The number of rotatable bonds is 7. The molecule has 8 heteroatoms. The van der Waals surface area contributed by atoms with Crippen molar-refractivity contribution < 1.29 is 12.6 Å². The summed E-state index contributed by atoms with van der Waals surface area (Å²) in [7, 11) is -4.32. The Bertz CT molecular complexity index is 481. The minimum absolute atomic E-state index is 0.274. The summed E-state index contributed by atoms with van der Waals surface area (Å²) in [5, 5.41) is 0. The molecule has 0 aromatic carbocycles. The van der Waals surface area contributed by atoms with Gasteiger partial charge in [0.05, 0.1) is 0 Å². The average molecular weight is 296 g/mol. The van der Waals surface area contributed by atoms with Gasteiger partial charge in [-0.1, -0.05) is 0 Å². The monoisotopic (exact) mass is 296 g/mol. The van der Waals surface area contributed by atoms with Crippen LogP contribution in [0.15, 0.2) is 16.3 Å². The second-order valence-electron chi connectivity index (χ2n) is 3.45. The molecular weight excluding hydrogens is 280 g/mol. The van der Waals surface area contributed by atoms with Crippen molar-refractivity contribution in [3.05, 3.63) is 17.0 Å². The summed E-state index contributed by atoms with van der Waals surface area (Å²) < 4.78 is 37.1. The molecule has 1 aromatic heterocycles. The van der Waals surface area contributed by atoms with E-state index in [1.165, 1.54) is 11.3 Å². The Morgan fingerprint density at radius 2 is 2.18 bits per heavy atom. The van der Waals surface area contributed by atoms with E-state index in [0.717, 1.165) is 4.88 Å². The van der Waals surface area contributed by atoms with Crippen LogP contribution >= 0.6 is 11.3 Å². The van der Waals surface area contributed by atoms with Crippen LogP contribution in [0.3, 0.4) is 0 Å². The molecule has 17 heavy (non-hydrogen) atoms. The first-order valence-electron chi connectivity index (χ1n) is 5.04. The molecule has 5 nitrogen and oxygen atoms in total. The Morgan fingerprint density at radius 1 is 1.47 bits per heavy atom. The van der Waals surface area contributed by atoms with Gasteiger partial charge in [-0.25, -0.2) is 13.1 Å². The predicted octanol–water partition coefficient (Wildman–Crippen LogP) is 0.254. The fourth-order valence-electron chi connectivity index (χ4n) is 1.17. The van der Waals surface area contributed by atoms with Crippen LogP contribution < -0.4 is 10.5 Å². The number of hydrogen-bond acceptors (Lipinski definition) is 5. The lowest BCUT2D eigenvalue weighted by molar-refractivity contribution is 0.583. The van der Waals surface area contributed by atoms with Crippen LogP contribution in [-0.4, -0.2) is 31.2 Å². The number of nitrogens with one attached hydrogen (secondary N) is 1. The van der Waals surface area contributed by atoms with Gasteiger partial charge in [-0.3, -0.25) is 4.21 Å². The zero-order chi connectivity index (χ0) is 12.9. The quantitative estimate of drug-likeness (QED) is 0.706. The van der Waals surface area contributed by atoms with Gasteiger partial charge in [-0.05, 0) is 18.6 Å². The van der Waals surface area contributed by atoms with Gasteiger partial charge in [-0.15, -0.1) is 11.3 Å². The number of hydrogen-bond donors (Lipinski definition) is 2. The molecule has 0 aliphatic carbocycles. The Kier molecular flexibility index (Phi) is 5.74. The van der Waals surface area contributed by atoms with Crippen molar-refractivity contribution in [2.45, 2.75) is 17.2 Å². The molecule has 1 aromatic rings. The highest BCUT2D eigenvalue weighted by atomic mass is 32.2. The minimum Gasteiger partial charge on any atom is -0.326 e. The molecule has 0 saturated carbocycles. The second-order valence-corrected chi connectivity index (χ2v) is 8.17. The summed E-state index contributed by atoms with van der Waals surface area (Å²) in [5.74, 6) is 0.501. The zero-order valence-corrected chi connectivity index (χ0v) is 12.0. The molecule has 0 aliphatic heterocycles. The minimum atomic E-state index is -3.43. The fourth-order valence-corrected chi connectivity index (χ4v) is 4.07. The molecule has 1 atom stereocenters. The zero-order valence-electron chi connectivity index (χ0n) is 9.51. The fraction of sp³-hybridized carbons (Fsp3) is 0.556. The van der Waals surface area contributed by atoms with E-state index in [1.807, 2.05) is 0 Å². The van der Waals surface area contributed by atoms with E-state index >= 15 is 0 Å². The van der Waals surface area contributed by atoms with Crippen LogP contribution in [0, 0.1) is 0 Å². The third kappa shape index (κ3) is 4.84. The highest BCUT2D eigenvalue weighted by Crippen LogP contribution is 2.20. The van der Waals surface area contributed by atoms with Crippen LogP contribution in [0.4, 0.5) is 0 Å². The first-order chi connectivity index (χ1) is 7.95. The predicted molar refractivity (Wildman–Crippen MR) is 70.9 cm³/mol. The van der Waals surface area contributed by atoms with E-state index in [2.05, 4.69) is 4.72 Å². The van der Waals surface area contributed by atoms with Crippen LogP contribution in [0.2, 0.25) is 0 Å². The lowest BCUT2D eigenvalue weighted by Crippen LogP contribution is -2.24. The van der Waals surface area contributed by atoms with E-state index < -0.39 is 20.8 Å². The largest absolute Gasteiger partial charge is 0.326 e. The molecule has 3 N–H and O–H groups in total. The van der Waals surface area contributed by atoms with Crippen LogP contribution in [0.1, 0.15) is 11.3 Å². The van der Waals surface area contributed by atoms with Crippen molar-refractivity contribution in [1.29, 1.82) is 0 Å².